The van der Waals surface area contributed by atoms with E-state index in [9.17, 15) is 5.11 Å². The van der Waals surface area contributed by atoms with Gasteiger partial charge < -0.3 is 5.11 Å². The second-order valence-electron chi connectivity index (χ2n) is 4.42. The third-order valence-electron chi connectivity index (χ3n) is 2.42. The number of rotatable bonds is 4. The maximum absolute atomic E-state index is 9.47. The zero-order chi connectivity index (χ0) is 9.03. The van der Waals surface area contributed by atoms with Crippen molar-refractivity contribution in [2.75, 3.05) is 0 Å². The first-order valence-corrected chi connectivity index (χ1v) is 4.98. The average Bonchev–Trinajstić information content (AvgIpc) is 2.36. The van der Waals surface area contributed by atoms with Gasteiger partial charge >= 0.3 is 0 Å². The van der Waals surface area contributed by atoms with Crippen molar-refractivity contribution in [2.24, 2.45) is 0 Å². The topological polar surface area (TPSA) is 20.2 Å². The van der Waals surface area contributed by atoms with Gasteiger partial charge in [-0.1, -0.05) is 11.6 Å². The summed E-state index contributed by atoms with van der Waals surface area (Å²) in [6.45, 7) is 3.77. The van der Waals surface area contributed by atoms with E-state index in [1.807, 2.05) is 13.8 Å². The lowest BCUT2D eigenvalue weighted by Gasteiger charge is -2.16. The highest BCUT2D eigenvalue weighted by atomic mass is 16.3. The molecule has 1 heteroatoms. The fourth-order valence-electron chi connectivity index (χ4n) is 1.71. The van der Waals surface area contributed by atoms with Gasteiger partial charge in [0, 0.05) is 0 Å². The molecule has 1 aliphatic carbocycles. The van der Waals surface area contributed by atoms with Crippen molar-refractivity contribution >= 4 is 0 Å². The third kappa shape index (κ3) is 3.91. The highest BCUT2D eigenvalue weighted by Gasteiger charge is 2.12. The quantitative estimate of drug-likeness (QED) is 0.640. The van der Waals surface area contributed by atoms with E-state index in [4.69, 9.17) is 0 Å². The second kappa shape index (κ2) is 4.08. The molecule has 12 heavy (non-hydrogen) atoms. The molecule has 0 aromatic rings. The van der Waals surface area contributed by atoms with Crippen LogP contribution in [0.3, 0.4) is 0 Å². The summed E-state index contributed by atoms with van der Waals surface area (Å²) < 4.78 is 0. The molecule has 0 radical (unpaired) electrons. The van der Waals surface area contributed by atoms with Gasteiger partial charge in [0.15, 0.2) is 0 Å². The molecule has 0 aromatic heterocycles. The van der Waals surface area contributed by atoms with E-state index in [1.165, 1.54) is 25.7 Å². The van der Waals surface area contributed by atoms with Gasteiger partial charge in [0.05, 0.1) is 5.60 Å². The maximum atomic E-state index is 9.47. The van der Waals surface area contributed by atoms with E-state index in [1.54, 1.807) is 5.57 Å². The molecule has 0 fully saturated rings. The SMILES string of the molecule is CC(C)(O)CCCC1=CCCC1. The van der Waals surface area contributed by atoms with Gasteiger partial charge in [0.25, 0.3) is 0 Å². The molecule has 0 saturated heterocycles. The number of hydrogen-bond donors (Lipinski definition) is 1. The zero-order valence-corrected chi connectivity index (χ0v) is 8.27. The molecule has 0 spiro atoms. The van der Waals surface area contributed by atoms with Crippen molar-refractivity contribution in [1.82, 2.24) is 0 Å². The van der Waals surface area contributed by atoms with Gasteiger partial charge in [-0.15, -0.1) is 0 Å². The van der Waals surface area contributed by atoms with Gasteiger partial charge in [0.2, 0.25) is 0 Å². The zero-order valence-electron chi connectivity index (χ0n) is 8.27. The lowest BCUT2D eigenvalue weighted by molar-refractivity contribution is 0.0689. The van der Waals surface area contributed by atoms with E-state index >= 15 is 0 Å². The van der Waals surface area contributed by atoms with Gasteiger partial charge in [0.1, 0.15) is 0 Å². The van der Waals surface area contributed by atoms with E-state index < -0.39 is 5.60 Å². The van der Waals surface area contributed by atoms with Crippen LogP contribution in [0.25, 0.3) is 0 Å². The largest absolute Gasteiger partial charge is 0.390 e. The molecule has 0 saturated carbocycles. The smallest absolute Gasteiger partial charge is 0.0591 e. The maximum Gasteiger partial charge on any atom is 0.0591 e. The molecule has 0 aliphatic heterocycles. The van der Waals surface area contributed by atoms with Gasteiger partial charge in [-0.25, -0.2) is 0 Å². The van der Waals surface area contributed by atoms with Crippen LogP contribution in [0.15, 0.2) is 11.6 Å². The predicted octanol–water partition coefficient (Wildman–Crippen LogP) is 3.04. The molecular formula is C11H20O. The monoisotopic (exact) mass is 168 g/mol. The highest BCUT2D eigenvalue weighted by Crippen LogP contribution is 2.24. The molecule has 0 unspecified atom stereocenters. The lowest BCUT2D eigenvalue weighted by atomic mass is 9.99. The number of allylic oxidation sites excluding steroid dienone is 2. The Bertz CT molecular complexity index is 162. The summed E-state index contributed by atoms with van der Waals surface area (Å²) in [5.41, 5.74) is 1.14. The van der Waals surface area contributed by atoms with Crippen LogP contribution < -0.4 is 0 Å². The first-order chi connectivity index (χ1) is 5.58. The van der Waals surface area contributed by atoms with Crippen LogP contribution in [-0.2, 0) is 0 Å². The Hall–Kier alpha value is -0.300. The van der Waals surface area contributed by atoms with Gasteiger partial charge in [-0.2, -0.15) is 0 Å². The van der Waals surface area contributed by atoms with Crippen LogP contribution in [0.5, 0.6) is 0 Å². The van der Waals surface area contributed by atoms with Crippen LogP contribution in [0.2, 0.25) is 0 Å². The minimum Gasteiger partial charge on any atom is -0.390 e. The van der Waals surface area contributed by atoms with Crippen molar-refractivity contribution < 1.29 is 5.11 Å². The Kier molecular flexibility index (Phi) is 3.33. The van der Waals surface area contributed by atoms with Crippen molar-refractivity contribution in [3.63, 3.8) is 0 Å². The van der Waals surface area contributed by atoms with Crippen LogP contribution in [0, 0.1) is 0 Å². The van der Waals surface area contributed by atoms with Crippen LogP contribution in [0.1, 0.15) is 52.4 Å². The highest BCUT2D eigenvalue weighted by molar-refractivity contribution is 5.07. The molecule has 0 atom stereocenters. The van der Waals surface area contributed by atoms with Gasteiger partial charge in [-0.05, 0) is 52.4 Å². The number of hydrogen-bond acceptors (Lipinski definition) is 1. The van der Waals surface area contributed by atoms with Crippen LogP contribution in [0.4, 0.5) is 0 Å². The standard InChI is InChI=1S/C11H20O/c1-11(2,12)9-5-8-10-6-3-4-7-10/h6,12H,3-5,7-9H2,1-2H3. The molecule has 0 amide bonds. The average molecular weight is 168 g/mol. The Morgan fingerprint density at radius 1 is 1.50 bits per heavy atom. The lowest BCUT2D eigenvalue weighted by Crippen LogP contribution is -2.17. The minimum atomic E-state index is -0.473. The van der Waals surface area contributed by atoms with Crippen LogP contribution in [-0.4, -0.2) is 10.7 Å². The van der Waals surface area contributed by atoms with Crippen molar-refractivity contribution in [1.29, 1.82) is 0 Å². The minimum absolute atomic E-state index is 0.473. The second-order valence-corrected chi connectivity index (χ2v) is 4.42. The predicted molar refractivity (Wildman–Crippen MR) is 52.1 cm³/mol. The van der Waals surface area contributed by atoms with E-state index in [0.29, 0.717) is 0 Å². The Balaban J connectivity index is 2.10. The summed E-state index contributed by atoms with van der Waals surface area (Å²) in [6, 6.07) is 0. The molecule has 1 N–H and O–H groups in total. The molecule has 0 aromatic carbocycles. The Morgan fingerprint density at radius 3 is 2.75 bits per heavy atom. The summed E-state index contributed by atoms with van der Waals surface area (Å²) in [5.74, 6) is 0. The third-order valence-corrected chi connectivity index (χ3v) is 2.42. The van der Waals surface area contributed by atoms with Crippen LogP contribution >= 0.6 is 0 Å². The molecular weight excluding hydrogens is 148 g/mol. The molecule has 0 heterocycles. The molecule has 1 rings (SSSR count). The number of aliphatic hydroxyl groups is 1. The Labute approximate surface area is 75.5 Å². The summed E-state index contributed by atoms with van der Waals surface area (Å²) >= 11 is 0. The molecule has 70 valence electrons. The van der Waals surface area contributed by atoms with Crippen molar-refractivity contribution in [3.8, 4) is 0 Å². The Morgan fingerprint density at radius 2 is 2.25 bits per heavy atom. The molecule has 0 bridgehead atoms. The summed E-state index contributed by atoms with van der Waals surface area (Å²) in [4.78, 5) is 0. The fourth-order valence-corrected chi connectivity index (χ4v) is 1.71. The summed E-state index contributed by atoms with van der Waals surface area (Å²) in [7, 11) is 0. The van der Waals surface area contributed by atoms with E-state index in [-0.39, 0.29) is 0 Å². The normalized spacial score (nSPS) is 18.1. The first kappa shape index (κ1) is 9.79. The van der Waals surface area contributed by atoms with Crippen molar-refractivity contribution in [3.05, 3.63) is 11.6 Å². The molecule has 1 nitrogen and oxygen atoms in total. The van der Waals surface area contributed by atoms with Crippen molar-refractivity contribution in [2.45, 2.75) is 58.0 Å². The van der Waals surface area contributed by atoms with E-state index in [2.05, 4.69) is 6.08 Å². The first-order valence-electron chi connectivity index (χ1n) is 4.98. The summed E-state index contributed by atoms with van der Waals surface area (Å²) in [5, 5.41) is 9.47. The van der Waals surface area contributed by atoms with Gasteiger partial charge in [-0.3, -0.25) is 0 Å². The fraction of sp³-hybridized carbons (Fsp3) is 0.818. The molecule has 1 aliphatic rings. The van der Waals surface area contributed by atoms with E-state index in [0.717, 1.165) is 12.8 Å². The summed E-state index contributed by atoms with van der Waals surface area (Å²) in [6.07, 6.45) is 9.54.